The largest absolute Gasteiger partial charge is 0.483 e. The molecule has 0 radical (unpaired) electrons. The molecule has 1 aliphatic rings. The first kappa shape index (κ1) is 33.1. The van der Waals surface area contributed by atoms with Crippen LogP contribution in [-0.2, 0) is 21.2 Å². The van der Waals surface area contributed by atoms with E-state index in [0.29, 0.717) is 30.6 Å². The van der Waals surface area contributed by atoms with Crippen LogP contribution in [0.4, 0.5) is 13.2 Å². The van der Waals surface area contributed by atoms with Crippen LogP contribution in [0.15, 0.2) is 41.6 Å². The third-order valence-electron chi connectivity index (χ3n) is 6.94. The SMILES string of the molecule is CCS(=O)(=O)c1ccc(CNC(=O)c2ccc(C(NC[C@H]3CC[C@H](C(F)(F)F)CC3)C(C)C)nc2)nc1.O=CO. The molecule has 222 valence electrons. The molecule has 1 aliphatic carbocycles. The van der Waals surface area contributed by atoms with Gasteiger partial charge in [-0.25, -0.2) is 8.42 Å². The molecule has 2 heterocycles. The van der Waals surface area contributed by atoms with Crippen molar-refractivity contribution < 1.29 is 36.3 Å². The van der Waals surface area contributed by atoms with Crippen LogP contribution >= 0.6 is 0 Å². The van der Waals surface area contributed by atoms with E-state index in [1.807, 2.05) is 13.8 Å². The molecule has 1 atom stereocenters. The molecular weight excluding hydrogens is 549 g/mol. The average Bonchev–Trinajstić information content (AvgIpc) is 2.92. The van der Waals surface area contributed by atoms with E-state index in [1.165, 1.54) is 18.5 Å². The van der Waals surface area contributed by atoms with Gasteiger partial charge in [0, 0.05) is 12.4 Å². The number of halogens is 3. The lowest BCUT2D eigenvalue weighted by atomic mass is 9.81. The number of pyridine rings is 2. The lowest BCUT2D eigenvalue weighted by molar-refractivity contribution is -0.183. The summed E-state index contributed by atoms with van der Waals surface area (Å²) < 4.78 is 62.5. The van der Waals surface area contributed by atoms with Gasteiger partial charge in [0.2, 0.25) is 0 Å². The molecule has 9 nitrogen and oxygen atoms in total. The Morgan fingerprint density at radius 1 is 1.10 bits per heavy atom. The highest BCUT2D eigenvalue weighted by molar-refractivity contribution is 7.91. The second-order valence-electron chi connectivity index (χ2n) is 10.0. The zero-order valence-corrected chi connectivity index (χ0v) is 23.6. The number of sulfone groups is 1. The van der Waals surface area contributed by atoms with Gasteiger partial charge < -0.3 is 15.7 Å². The Kier molecular flexibility index (Phi) is 12.5. The van der Waals surface area contributed by atoms with E-state index in [4.69, 9.17) is 9.90 Å². The number of carboxylic acid groups (broad SMARTS) is 1. The van der Waals surface area contributed by atoms with E-state index in [-0.39, 0.29) is 60.3 Å². The van der Waals surface area contributed by atoms with Crippen LogP contribution in [0, 0.1) is 17.8 Å². The van der Waals surface area contributed by atoms with Crippen LogP contribution in [-0.4, -0.2) is 54.3 Å². The summed E-state index contributed by atoms with van der Waals surface area (Å²) >= 11 is 0. The zero-order chi connectivity index (χ0) is 29.9. The first-order chi connectivity index (χ1) is 18.8. The first-order valence-corrected chi connectivity index (χ1v) is 14.8. The number of nitrogens with one attached hydrogen (secondary N) is 2. The van der Waals surface area contributed by atoms with E-state index >= 15 is 0 Å². The van der Waals surface area contributed by atoms with Gasteiger partial charge in [-0.2, -0.15) is 13.2 Å². The lowest BCUT2D eigenvalue weighted by Gasteiger charge is -2.31. The van der Waals surface area contributed by atoms with Crippen molar-refractivity contribution >= 4 is 22.2 Å². The molecule has 0 aromatic carbocycles. The Labute approximate surface area is 232 Å². The summed E-state index contributed by atoms with van der Waals surface area (Å²) in [5, 5.41) is 13.1. The minimum absolute atomic E-state index is 0.0100. The summed E-state index contributed by atoms with van der Waals surface area (Å²) in [6.07, 6.45) is 0.165. The van der Waals surface area contributed by atoms with Gasteiger partial charge in [0.25, 0.3) is 12.4 Å². The highest BCUT2D eigenvalue weighted by Gasteiger charge is 2.41. The smallest absolute Gasteiger partial charge is 0.391 e. The van der Waals surface area contributed by atoms with Crippen LogP contribution < -0.4 is 10.6 Å². The fourth-order valence-electron chi connectivity index (χ4n) is 4.53. The van der Waals surface area contributed by atoms with Crippen LogP contribution in [0.25, 0.3) is 0 Å². The van der Waals surface area contributed by atoms with Crippen LogP contribution in [0.5, 0.6) is 0 Å². The van der Waals surface area contributed by atoms with E-state index in [1.54, 1.807) is 25.1 Å². The molecule has 3 rings (SSSR count). The number of carbonyl (C=O) groups is 2. The zero-order valence-electron chi connectivity index (χ0n) is 22.8. The summed E-state index contributed by atoms with van der Waals surface area (Å²) in [7, 11) is -3.33. The number of hydrogen-bond donors (Lipinski definition) is 3. The molecule has 13 heteroatoms. The molecule has 40 heavy (non-hydrogen) atoms. The summed E-state index contributed by atoms with van der Waals surface area (Å²) in [6.45, 7) is 6.17. The average molecular weight is 587 g/mol. The molecule has 3 N–H and O–H groups in total. The standard InChI is InChI=1S/C26H35F3N4O3S.CH2O2/c1-4-37(35,36)22-11-10-21(30-16-22)15-33-25(34)19-7-12-23(31-14-19)24(17(2)3)32-13-18-5-8-20(9-6-18)26(27,28)29;2-1-3/h7,10-12,14,16-18,20,24,32H,4-6,8-9,13,15H2,1-3H3,(H,33,34);1H,(H,2,3)/t18-,20-,24?;. The van der Waals surface area contributed by atoms with Crippen molar-refractivity contribution in [3.63, 3.8) is 0 Å². The van der Waals surface area contributed by atoms with Crippen molar-refractivity contribution in [2.75, 3.05) is 12.3 Å². The summed E-state index contributed by atoms with van der Waals surface area (Å²) in [5.74, 6) is -1.12. The summed E-state index contributed by atoms with van der Waals surface area (Å²) in [5.41, 5.74) is 1.67. The Balaban J connectivity index is 0.00000178. The Morgan fingerprint density at radius 3 is 2.23 bits per heavy atom. The molecule has 1 saturated carbocycles. The maximum absolute atomic E-state index is 12.9. The number of hydrogen-bond acceptors (Lipinski definition) is 7. The first-order valence-electron chi connectivity index (χ1n) is 13.1. The molecule has 1 unspecified atom stereocenters. The molecule has 0 saturated heterocycles. The number of carbonyl (C=O) groups excluding carboxylic acids is 1. The Hall–Kier alpha value is -3.06. The van der Waals surface area contributed by atoms with Crippen molar-refractivity contribution in [1.82, 2.24) is 20.6 Å². The molecule has 0 spiro atoms. The minimum Gasteiger partial charge on any atom is -0.483 e. The van der Waals surface area contributed by atoms with E-state index in [2.05, 4.69) is 20.6 Å². The number of amides is 1. The topological polar surface area (TPSA) is 138 Å². The van der Waals surface area contributed by atoms with Crippen molar-refractivity contribution in [1.29, 1.82) is 0 Å². The van der Waals surface area contributed by atoms with Crippen LogP contribution in [0.3, 0.4) is 0 Å². The number of rotatable bonds is 10. The quantitative estimate of drug-likeness (QED) is 0.345. The van der Waals surface area contributed by atoms with Gasteiger partial charge in [0.15, 0.2) is 9.84 Å². The van der Waals surface area contributed by atoms with Gasteiger partial charge in [-0.15, -0.1) is 0 Å². The molecule has 1 fully saturated rings. The predicted octanol–water partition coefficient (Wildman–Crippen LogP) is 4.56. The molecule has 2 aromatic heterocycles. The van der Waals surface area contributed by atoms with Gasteiger partial charge in [0.1, 0.15) is 0 Å². The van der Waals surface area contributed by atoms with Crippen LogP contribution in [0.1, 0.15) is 74.2 Å². The Bertz CT molecular complexity index is 1180. The molecule has 1 amide bonds. The third-order valence-corrected chi connectivity index (χ3v) is 8.66. The summed E-state index contributed by atoms with van der Waals surface area (Å²) in [4.78, 5) is 29.7. The van der Waals surface area contributed by atoms with Gasteiger partial charge in [-0.1, -0.05) is 20.8 Å². The van der Waals surface area contributed by atoms with Gasteiger partial charge in [-0.05, 0) is 68.3 Å². The molecule has 0 bridgehead atoms. The van der Waals surface area contributed by atoms with Gasteiger partial charge in [0.05, 0.1) is 46.1 Å². The van der Waals surface area contributed by atoms with Crippen molar-refractivity contribution in [2.24, 2.45) is 17.8 Å². The second kappa shape index (κ2) is 15.1. The van der Waals surface area contributed by atoms with Crippen molar-refractivity contribution in [2.45, 2.75) is 70.1 Å². The number of aromatic nitrogens is 2. The maximum Gasteiger partial charge on any atom is 0.391 e. The van der Waals surface area contributed by atoms with Crippen LogP contribution in [0.2, 0.25) is 0 Å². The minimum atomic E-state index is -4.10. The normalized spacial score (nSPS) is 18.4. The number of nitrogens with zero attached hydrogens (tertiary/aromatic N) is 2. The predicted molar refractivity (Wildman–Crippen MR) is 143 cm³/mol. The second-order valence-corrected chi connectivity index (χ2v) is 12.3. The van der Waals surface area contributed by atoms with Gasteiger partial charge >= 0.3 is 6.18 Å². The monoisotopic (exact) mass is 586 g/mol. The van der Waals surface area contributed by atoms with E-state index in [0.717, 1.165) is 5.69 Å². The third kappa shape index (κ3) is 9.84. The lowest BCUT2D eigenvalue weighted by Crippen LogP contribution is -2.35. The Morgan fingerprint density at radius 2 is 1.75 bits per heavy atom. The maximum atomic E-state index is 12.9. The summed E-state index contributed by atoms with van der Waals surface area (Å²) in [6, 6.07) is 6.44. The fourth-order valence-corrected chi connectivity index (χ4v) is 5.35. The van der Waals surface area contributed by atoms with E-state index in [9.17, 15) is 26.4 Å². The highest BCUT2D eigenvalue weighted by Crippen LogP contribution is 2.39. The molecular formula is C27H37F3N4O5S. The highest BCUT2D eigenvalue weighted by atomic mass is 32.2. The number of alkyl halides is 3. The van der Waals surface area contributed by atoms with E-state index < -0.39 is 21.9 Å². The van der Waals surface area contributed by atoms with Crippen molar-refractivity contribution in [3.8, 4) is 0 Å². The fraction of sp³-hybridized carbons (Fsp3) is 0.556. The molecule has 2 aromatic rings. The molecule has 0 aliphatic heterocycles. The van der Waals surface area contributed by atoms with Gasteiger partial charge in [-0.3, -0.25) is 19.6 Å². The van der Waals surface area contributed by atoms with Crippen molar-refractivity contribution in [3.05, 3.63) is 53.6 Å².